The largest absolute Gasteiger partial charge is 0.472 e. The Balaban J connectivity index is 2.22. The highest BCUT2D eigenvalue weighted by Crippen LogP contribution is 2.15. The Labute approximate surface area is 122 Å². The molecule has 0 saturated carbocycles. The van der Waals surface area contributed by atoms with Crippen molar-refractivity contribution in [3.63, 3.8) is 0 Å². The molecule has 2 rings (SSSR count). The van der Waals surface area contributed by atoms with Crippen LogP contribution in [-0.2, 0) is 0 Å². The monoisotopic (exact) mass is 287 g/mol. The second-order valence-corrected chi connectivity index (χ2v) is 5.48. The maximum Gasteiger partial charge on any atom is 0.288 e. The maximum absolute atomic E-state index is 12.5. The van der Waals surface area contributed by atoms with E-state index in [2.05, 4.69) is 10.4 Å². The summed E-state index contributed by atoms with van der Waals surface area (Å²) >= 11 is 0. The average molecular weight is 287 g/mol. The molecule has 0 spiro atoms. The lowest BCUT2D eigenvalue weighted by molar-refractivity contribution is 0.0356. The second-order valence-electron chi connectivity index (χ2n) is 5.48. The van der Waals surface area contributed by atoms with Crippen molar-refractivity contribution in [3.05, 3.63) is 54.2 Å². The molecule has 2 amide bonds. The zero-order valence-corrected chi connectivity index (χ0v) is 12.2. The first-order valence-corrected chi connectivity index (χ1v) is 6.48. The number of aromatic nitrogens is 1. The fourth-order valence-electron chi connectivity index (χ4n) is 1.69. The summed E-state index contributed by atoms with van der Waals surface area (Å²) in [6, 6.07) is 6.56. The summed E-state index contributed by atoms with van der Waals surface area (Å²) in [5.41, 5.74) is 2.61. The van der Waals surface area contributed by atoms with Crippen LogP contribution in [0.2, 0.25) is 0 Å². The molecule has 2 heterocycles. The molecule has 110 valence electrons. The minimum absolute atomic E-state index is 0.242. The van der Waals surface area contributed by atoms with Crippen molar-refractivity contribution < 1.29 is 14.0 Å². The Bertz CT molecular complexity index is 615. The number of nitrogens with zero attached hydrogens (tertiary/aromatic N) is 2. The van der Waals surface area contributed by atoms with Crippen molar-refractivity contribution in [1.29, 1.82) is 0 Å². The Hall–Kier alpha value is -2.63. The van der Waals surface area contributed by atoms with Crippen LogP contribution in [0.5, 0.6) is 0 Å². The van der Waals surface area contributed by atoms with Crippen LogP contribution in [0.3, 0.4) is 0 Å². The summed E-state index contributed by atoms with van der Waals surface area (Å²) in [7, 11) is 0. The lowest BCUT2D eigenvalue weighted by atomic mass is 10.1. The Morgan fingerprint density at radius 2 is 2.00 bits per heavy atom. The van der Waals surface area contributed by atoms with Gasteiger partial charge in [0, 0.05) is 6.20 Å². The number of rotatable bonds is 2. The molecule has 0 bridgehead atoms. The average Bonchev–Trinajstić information content (AvgIpc) is 2.97. The molecule has 0 atom stereocenters. The summed E-state index contributed by atoms with van der Waals surface area (Å²) in [6.45, 7) is 5.47. The van der Waals surface area contributed by atoms with Gasteiger partial charge in [-0.3, -0.25) is 20.0 Å². The molecule has 0 saturated heterocycles. The predicted octanol–water partition coefficient (Wildman–Crippen LogP) is 2.26. The Morgan fingerprint density at radius 3 is 2.52 bits per heavy atom. The van der Waals surface area contributed by atoms with E-state index >= 15 is 0 Å². The van der Waals surface area contributed by atoms with E-state index in [4.69, 9.17) is 4.42 Å². The third-order valence-corrected chi connectivity index (χ3v) is 2.75. The molecule has 0 radical (unpaired) electrons. The van der Waals surface area contributed by atoms with E-state index in [1.54, 1.807) is 24.3 Å². The SMILES string of the molecule is CC(C)(C)N(NC(=O)c1ccccn1)C(=O)c1ccoc1. The van der Waals surface area contributed by atoms with Gasteiger partial charge in [-0.15, -0.1) is 0 Å². The molecule has 0 aliphatic heterocycles. The quantitative estimate of drug-likeness (QED) is 0.860. The molecule has 0 aliphatic carbocycles. The van der Waals surface area contributed by atoms with Gasteiger partial charge >= 0.3 is 0 Å². The standard InChI is InChI=1S/C15H17N3O3/c1-15(2,3)18(14(20)11-7-9-21-10-11)17-13(19)12-6-4-5-8-16-12/h4-10H,1-3H3,(H,17,19). The van der Waals surface area contributed by atoms with Crippen LogP contribution in [0.4, 0.5) is 0 Å². The van der Waals surface area contributed by atoms with E-state index in [1.165, 1.54) is 23.7 Å². The number of carbonyl (C=O) groups excluding carboxylic acids is 2. The van der Waals surface area contributed by atoms with E-state index < -0.39 is 11.4 Å². The minimum Gasteiger partial charge on any atom is -0.472 e. The van der Waals surface area contributed by atoms with Gasteiger partial charge in [0.05, 0.1) is 17.4 Å². The fourth-order valence-corrected chi connectivity index (χ4v) is 1.69. The first-order valence-electron chi connectivity index (χ1n) is 6.48. The molecule has 6 nitrogen and oxygen atoms in total. The lowest BCUT2D eigenvalue weighted by Crippen LogP contribution is -2.55. The number of furan rings is 1. The van der Waals surface area contributed by atoms with Crippen molar-refractivity contribution in [1.82, 2.24) is 15.4 Å². The number of carbonyl (C=O) groups is 2. The zero-order chi connectivity index (χ0) is 15.5. The molecule has 2 aromatic heterocycles. The predicted molar refractivity (Wildman–Crippen MR) is 76.3 cm³/mol. The summed E-state index contributed by atoms with van der Waals surface area (Å²) in [5.74, 6) is -0.789. The third-order valence-electron chi connectivity index (χ3n) is 2.75. The molecule has 0 aromatic carbocycles. The molecule has 2 aromatic rings. The molecule has 6 heteroatoms. The lowest BCUT2D eigenvalue weighted by Gasteiger charge is -2.35. The fraction of sp³-hybridized carbons (Fsp3) is 0.267. The van der Waals surface area contributed by atoms with Gasteiger partial charge in [-0.1, -0.05) is 6.07 Å². The second kappa shape index (κ2) is 5.78. The van der Waals surface area contributed by atoms with Gasteiger partial charge < -0.3 is 4.42 Å². The van der Waals surface area contributed by atoms with Crippen LogP contribution >= 0.6 is 0 Å². The molecule has 0 fully saturated rings. The van der Waals surface area contributed by atoms with E-state index in [1.807, 2.05) is 20.8 Å². The Morgan fingerprint density at radius 1 is 1.24 bits per heavy atom. The van der Waals surface area contributed by atoms with Gasteiger partial charge in [0.25, 0.3) is 11.8 Å². The maximum atomic E-state index is 12.5. The van der Waals surface area contributed by atoms with Gasteiger partial charge in [0.1, 0.15) is 12.0 Å². The number of pyridine rings is 1. The highest BCUT2D eigenvalue weighted by atomic mass is 16.3. The first-order chi connectivity index (χ1) is 9.89. The molecule has 1 N–H and O–H groups in total. The topological polar surface area (TPSA) is 75.4 Å². The molecule has 0 unspecified atom stereocenters. The number of hydrogen-bond acceptors (Lipinski definition) is 4. The normalized spacial score (nSPS) is 11.0. The molecular weight excluding hydrogens is 270 g/mol. The van der Waals surface area contributed by atoms with Crippen LogP contribution in [0, 0.1) is 0 Å². The number of hydrazine groups is 1. The highest BCUT2D eigenvalue weighted by Gasteiger charge is 2.30. The van der Waals surface area contributed by atoms with E-state index in [-0.39, 0.29) is 11.6 Å². The van der Waals surface area contributed by atoms with Gasteiger partial charge in [-0.2, -0.15) is 0 Å². The van der Waals surface area contributed by atoms with Gasteiger partial charge in [0.2, 0.25) is 0 Å². The summed E-state index contributed by atoms with van der Waals surface area (Å²) in [4.78, 5) is 28.6. The summed E-state index contributed by atoms with van der Waals surface area (Å²) in [6.07, 6.45) is 4.27. The van der Waals surface area contributed by atoms with Gasteiger partial charge in [0.15, 0.2) is 0 Å². The number of nitrogens with one attached hydrogen (secondary N) is 1. The minimum atomic E-state index is -0.598. The first kappa shape index (κ1) is 14.8. The zero-order valence-electron chi connectivity index (χ0n) is 12.2. The van der Waals surface area contributed by atoms with Gasteiger partial charge in [-0.25, -0.2) is 5.01 Å². The van der Waals surface area contributed by atoms with E-state index in [9.17, 15) is 9.59 Å². The van der Waals surface area contributed by atoms with Crippen LogP contribution < -0.4 is 5.43 Å². The van der Waals surface area contributed by atoms with Crippen molar-refractivity contribution in [2.45, 2.75) is 26.3 Å². The van der Waals surface area contributed by atoms with E-state index in [0.717, 1.165) is 0 Å². The summed E-state index contributed by atoms with van der Waals surface area (Å²) < 4.78 is 4.92. The summed E-state index contributed by atoms with van der Waals surface area (Å²) in [5, 5.41) is 1.27. The van der Waals surface area contributed by atoms with E-state index in [0.29, 0.717) is 5.56 Å². The van der Waals surface area contributed by atoms with Crippen LogP contribution in [0.1, 0.15) is 41.6 Å². The van der Waals surface area contributed by atoms with Crippen LogP contribution in [-0.4, -0.2) is 27.3 Å². The molecule has 21 heavy (non-hydrogen) atoms. The number of hydrogen-bond donors (Lipinski definition) is 1. The molecule has 0 aliphatic rings. The smallest absolute Gasteiger partial charge is 0.288 e. The highest BCUT2D eigenvalue weighted by molar-refractivity contribution is 5.98. The van der Waals surface area contributed by atoms with Crippen molar-refractivity contribution in [3.8, 4) is 0 Å². The van der Waals surface area contributed by atoms with Crippen LogP contribution in [0.15, 0.2) is 47.4 Å². The van der Waals surface area contributed by atoms with Gasteiger partial charge in [-0.05, 0) is 39.0 Å². The third kappa shape index (κ3) is 3.47. The van der Waals surface area contributed by atoms with Crippen molar-refractivity contribution in [2.75, 3.05) is 0 Å². The van der Waals surface area contributed by atoms with Crippen molar-refractivity contribution in [2.24, 2.45) is 0 Å². The van der Waals surface area contributed by atoms with Crippen LogP contribution in [0.25, 0.3) is 0 Å². The Kier molecular flexibility index (Phi) is 4.07. The number of amides is 2. The molecular formula is C15H17N3O3. The van der Waals surface area contributed by atoms with Crippen molar-refractivity contribution >= 4 is 11.8 Å².